The second-order valence-electron chi connectivity index (χ2n) is 9.81. The van der Waals surface area contributed by atoms with Crippen LogP contribution in [0.2, 0.25) is 0 Å². The number of imidazole rings is 1. The zero-order valence-corrected chi connectivity index (χ0v) is 22.6. The van der Waals surface area contributed by atoms with Crippen molar-refractivity contribution >= 4 is 35.5 Å². The molecule has 40 heavy (non-hydrogen) atoms. The Kier molecular flexibility index (Phi) is 14.9. The molecule has 0 aromatic carbocycles. The number of aromatic nitrogens is 2. The third kappa shape index (κ3) is 12.7. The van der Waals surface area contributed by atoms with Crippen LogP contribution in [0.1, 0.15) is 58.1 Å². The molecule has 0 unspecified atom stereocenters. The van der Waals surface area contributed by atoms with Gasteiger partial charge in [0.25, 0.3) is 0 Å². The number of nitrogens with zero attached hydrogens (tertiary/aromatic N) is 1. The maximum Gasteiger partial charge on any atom is 0.305 e. The van der Waals surface area contributed by atoms with Gasteiger partial charge >= 0.3 is 5.97 Å². The number of aromatic amines is 1. The van der Waals surface area contributed by atoms with E-state index in [0.29, 0.717) is 25.1 Å². The molecule has 0 aliphatic carbocycles. The van der Waals surface area contributed by atoms with Gasteiger partial charge in [-0.05, 0) is 38.1 Å². The predicted octanol–water partition coefficient (Wildman–Crippen LogP) is -1.95. The number of nitrogens with one attached hydrogen (secondary N) is 5. The Morgan fingerprint density at radius 3 is 2.10 bits per heavy atom. The third-order valence-corrected chi connectivity index (χ3v) is 5.91. The van der Waals surface area contributed by atoms with Gasteiger partial charge in [-0.15, -0.1) is 0 Å². The number of carboxylic acids is 1. The lowest BCUT2D eigenvalue weighted by molar-refractivity contribution is -0.141. The van der Waals surface area contributed by atoms with Crippen LogP contribution in [-0.4, -0.2) is 80.5 Å². The van der Waals surface area contributed by atoms with Crippen molar-refractivity contribution in [2.45, 2.75) is 76.9 Å². The molecule has 1 aromatic heterocycles. The Bertz CT molecular complexity index is 1000. The Morgan fingerprint density at radius 2 is 1.57 bits per heavy atom. The predicted molar refractivity (Wildman–Crippen MR) is 140 cm³/mol. The van der Waals surface area contributed by atoms with E-state index < -0.39 is 66.0 Å². The summed E-state index contributed by atoms with van der Waals surface area (Å²) in [6.45, 7) is 4.02. The number of H-pyrrole nitrogens is 1. The smallest absolute Gasteiger partial charge is 0.305 e. The highest BCUT2D eigenvalue weighted by Crippen LogP contribution is 2.17. The van der Waals surface area contributed by atoms with E-state index in [-0.39, 0.29) is 31.6 Å². The van der Waals surface area contributed by atoms with E-state index in [0.717, 1.165) is 0 Å². The number of carboxylic acid groups (broad SMARTS) is 1. The summed E-state index contributed by atoms with van der Waals surface area (Å²) < 4.78 is 0. The molecule has 0 spiro atoms. The van der Waals surface area contributed by atoms with Gasteiger partial charge in [-0.3, -0.25) is 34.0 Å². The highest BCUT2D eigenvalue weighted by atomic mass is 16.5. The molecule has 0 aliphatic rings. The number of amides is 5. The largest absolute Gasteiger partial charge is 0.481 e. The fourth-order valence-corrected chi connectivity index (χ4v) is 3.94. The van der Waals surface area contributed by atoms with Gasteiger partial charge < -0.3 is 37.5 Å². The normalized spacial score (nSPS) is 13.9. The van der Waals surface area contributed by atoms with Crippen LogP contribution in [0.5, 0.6) is 0 Å². The number of hydrogen-bond acceptors (Lipinski definition) is 9. The van der Waals surface area contributed by atoms with Crippen LogP contribution in [0.15, 0.2) is 12.5 Å². The Morgan fingerprint density at radius 1 is 0.950 bits per heavy atom. The second-order valence-corrected chi connectivity index (χ2v) is 9.81. The molecule has 0 fully saturated rings. The molecule has 224 valence electrons. The van der Waals surface area contributed by atoms with Crippen molar-refractivity contribution in [2.75, 3.05) is 6.54 Å². The van der Waals surface area contributed by atoms with Crippen LogP contribution >= 0.6 is 0 Å². The van der Waals surface area contributed by atoms with Crippen molar-refractivity contribution in [3.8, 4) is 0 Å². The lowest BCUT2D eigenvalue weighted by Crippen LogP contribution is -2.57. The van der Waals surface area contributed by atoms with Crippen LogP contribution in [0.3, 0.4) is 0 Å². The van der Waals surface area contributed by atoms with Crippen molar-refractivity contribution in [1.82, 2.24) is 31.4 Å². The molecule has 1 heterocycles. The minimum Gasteiger partial charge on any atom is -0.481 e. The van der Waals surface area contributed by atoms with Gasteiger partial charge in [0.15, 0.2) is 0 Å². The van der Waals surface area contributed by atoms with Gasteiger partial charge in [-0.1, -0.05) is 13.8 Å². The first-order chi connectivity index (χ1) is 18.9. The van der Waals surface area contributed by atoms with Crippen LogP contribution in [0.25, 0.3) is 0 Å². The van der Waals surface area contributed by atoms with Crippen molar-refractivity contribution in [2.24, 2.45) is 23.3 Å². The first-order valence-corrected chi connectivity index (χ1v) is 12.9. The fourth-order valence-electron chi connectivity index (χ4n) is 3.94. The minimum absolute atomic E-state index is 0.00572. The van der Waals surface area contributed by atoms with Gasteiger partial charge in [0.2, 0.25) is 29.5 Å². The molecular formula is C24H40N8O8. The summed E-state index contributed by atoms with van der Waals surface area (Å²) in [4.78, 5) is 81.0. The molecule has 16 heteroatoms. The molecule has 0 radical (unpaired) electrons. The number of carbonyl (C=O) groups is 6. The Hall–Kier alpha value is -4.05. The summed E-state index contributed by atoms with van der Waals surface area (Å²) in [5.74, 6) is -6.43. The molecule has 1 rings (SSSR count). The highest BCUT2D eigenvalue weighted by molar-refractivity contribution is 5.96. The van der Waals surface area contributed by atoms with Crippen molar-refractivity contribution in [3.63, 3.8) is 0 Å². The van der Waals surface area contributed by atoms with E-state index in [9.17, 15) is 33.9 Å². The van der Waals surface area contributed by atoms with Gasteiger partial charge in [-0.25, -0.2) is 10.5 Å². The average molecular weight is 569 g/mol. The van der Waals surface area contributed by atoms with Gasteiger partial charge in [0.1, 0.15) is 18.1 Å². The number of carbonyl (C=O) groups excluding carboxylic acids is 5. The first kappa shape index (κ1) is 34.0. The first-order valence-electron chi connectivity index (χ1n) is 12.9. The third-order valence-electron chi connectivity index (χ3n) is 5.91. The standard InChI is InChI=1S/C24H40N8O8/c1-13(2)7-14(8-19(33)32-40)22(37)30-17(9-15-11-27-12-28-15)23(38)31-18(10-20(34)35)24(39)29-16(21(26)36)5-3-4-6-25/h11-14,16-18,40H,3-10,25H2,1-2H3,(H2,26,36)(H,27,28)(H,29,39)(H,30,37)(H,31,38)(H,32,33)(H,34,35)/t14-,16+,17+,18+/m1/s1. The van der Waals surface area contributed by atoms with Gasteiger partial charge in [0, 0.05) is 30.7 Å². The Balaban J connectivity index is 3.15. The summed E-state index contributed by atoms with van der Waals surface area (Å²) in [5, 5.41) is 25.5. The number of aliphatic carboxylic acids is 1. The molecule has 0 aliphatic heterocycles. The van der Waals surface area contributed by atoms with Crippen molar-refractivity contribution in [3.05, 3.63) is 18.2 Å². The molecule has 1 aromatic rings. The molecule has 11 N–H and O–H groups in total. The lowest BCUT2D eigenvalue weighted by atomic mass is 9.92. The van der Waals surface area contributed by atoms with E-state index >= 15 is 0 Å². The zero-order chi connectivity index (χ0) is 30.2. The van der Waals surface area contributed by atoms with Crippen LogP contribution in [0.4, 0.5) is 0 Å². The summed E-state index contributed by atoms with van der Waals surface area (Å²) in [5.41, 5.74) is 12.7. The van der Waals surface area contributed by atoms with Gasteiger partial charge in [-0.2, -0.15) is 0 Å². The minimum atomic E-state index is -1.60. The van der Waals surface area contributed by atoms with Crippen LogP contribution < -0.4 is 32.9 Å². The second kappa shape index (κ2) is 17.5. The molecule has 0 bridgehead atoms. The molecule has 0 saturated heterocycles. The number of nitrogens with two attached hydrogens (primary N) is 2. The summed E-state index contributed by atoms with van der Waals surface area (Å²) in [6, 6.07) is -4.02. The SMILES string of the molecule is CC(C)C[C@H](CC(=O)NO)C(=O)N[C@@H](Cc1cnc[nH]1)C(=O)N[C@@H](CC(=O)O)C(=O)N[C@@H](CCCCN)C(N)=O. The quantitative estimate of drug-likeness (QED) is 0.0505. The maximum absolute atomic E-state index is 13.3. The van der Waals surface area contributed by atoms with Crippen LogP contribution in [-0.2, 0) is 35.2 Å². The van der Waals surface area contributed by atoms with Gasteiger partial charge in [0.05, 0.1) is 12.7 Å². The summed E-state index contributed by atoms with van der Waals surface area (Å²) in [6.07, 6.45) is 2.98. The van der Waals surface area contributed by atoms with E-state index in [1.807, 2.05) is 13.8 Å². The van der Waals surface area contributed by atoms with E-state index in [1.54, 1.807) is 0 Å². The van der Waals surface area contributed by atoms with E-state index in [4.69, 9.17) is 16.7 Å². The Labute approximate surface area is 231 Å². The average Bonchev–Trinajstić information content (AvgIpc) is 3.39. The van der Waals surface area contributed by atoms with E-state index in [1.165, 1.54) is 18.0 Å². The number of rotatable bonds is 19. The number of hydroxylamine groups is 1. The molecule has 0 saturated carbocycles. The molecule has 4 atom stereocenters. The monoisotopic (exact) mass is 568 g/mol. The fraction of sp³-hybridized carbons (Fsp3) is 0.625. The van der Waals surface area contributed by atoms with E-state index in [2.05, 4.69) is 25.9 Å². The number of unbranched alkanes of at least 4 members (excludes halogenated alkanes) is 1. The summed E-state index contributed by atoms with van der Waals surface area (Å²) in [7, 11) is 0. The highest BCUT2D eigenvalue weighted by Gasteiger charge is 2.32. The summed E-state index contributed by atoms with van der Waals surface area (Å²) >= 11 is 0. The molecule has 5 amide bonds. The lowest BCUT2D eigenvalue weighted by Gasteiger charge is -2.25. The topological polar surface area (TPSA) is 272 Å². The number of hydrogen-bond donors (Lipinski definition) is 9. The molecule has 16 nitrogen and oxygen atoms in total. The molecular weight excluding hydrogens is 528 g/mol. The van der Waals surface area contributed by atoms with Crippen molar-refractivity contribution < 1.29 is 39.1 Å². The van der Waals surface area contributed by atoms with Crippen molar-refractivity contribution in [1.29, 1.82) is 0 Å². The maximum atomic E-state index is 13.3. The number of primary amides is 1. The van der Waals surface area contributed by atoms with Crippen LogP contribution in [0, 0.1) is 11.8 Å². The zero-order valence-electron chi connectivity index (χ0n) is 22.6.